The van der Waals surface area contributed by atoms with Crippen LogP contribution in [0.1, 0.15) is 38.4 Å². The Hall–Kier alpha value is -0.860. The molecule has 2 nitrogen and oxygen atoms in total. The molecule has 0 saturated carbocycles. The van der Waals surface area contributed by atoms with Gasteiger partial charge in [0.1, 0.15) is 0 Å². The topological polar surface area (TPSA) is 21.3 Å². The van der Waals surface area contributed by atoms with Crippen molar-refractivity contribution in [3.05, 3.63) is 35.9 Å². The van der Waals surface area contributed by atoms with Crippen LogP contribution in [0.25, 0.3) is 0 Å². The molecule has 0 radical (unpaired) electrons. The van der Waals surface area contributed by atoms with Crippen LogP contribution >= 0.6 is 0 Å². The van der Waals surface area contributed by atoms with E-state index in [9.17, 15) is 0 Å². The van der Waals surface area contributed by atoms with E-state index in [0.29, 0.717) is 12.1 Å². The number of ether oxygens (including phenoxy) is 1. The molecule has 1 saturated heterocycles. The molecule has 0 amide bonds. The zero-order valence-corrected chi connectivity index (χ0v) is 10.1. The minimum atomic E-state index is 0.220. The summed E-state index contributed by atoms with van der Waals surface area (Å²) in [5.41, 5.74) is 1.29. The molecule has 16 heavy (non-hydrogen) atoms. The second kappa shape index (κ2) is 5.46. The molecule has 88 valence electrons. The zero-order chi connectivity index (χ0) is 11.4. The Labute approximate surface area is 98.0 Å². The highest BCUT2D eigenvalue weighted by atomic mass is 16.5. The van der Waals surface area contributed by atoms with Crippen LogP contribution in [0.5, 0.6) is 0 Å². The van der Waals surface area contributed by atoms with Crippen LogP contribution in [0.2, 0.25) is 0 Å². The maximum Gasteiger partial charge on any atom is 0.0978 e. The molecule has 0 bridgehead atoms. The van der Waals surface area contributed by atoms with E-state index in [2.05, 4.69) is 49.5 Å². The molecule has 2 heteroatoms. The molecule has 1 aromatic carbocycles. The van der Waals surface area contributed by atoms with E-state index < -0.39 is 0 Å². The molecule has 1 heterocycles. The standard InChI is InChI=1S/C14H21NO/c1-3-7-13-14(16-10-11(2)15-13)12-8-5-4-6-9-12/h4-6,8-9,11,13-15H,3,7,10H2,1-2H3/t11-,13+,14+/m1/s1. The predicted molar refractivity (Wildman–Crippen MR) is 66.4 cm³/mol. The quantitative estimate of drug-likeness (QED) is 0.844. The van der Waals surface area contributed by atoms with Gasteiger partial charge in [0.15, 0.2) is 0 Å². The van der Waals surface area contributed by atoms with Gasteiger partial charge in [0.2, 0.25) is 0 Å². The average molecular weight is 219 g/mol. The Balaban J connectivity index is 2.12. The summed E-state index contributed by atoms with van der Waals surface area (Å²) in [4.78, 5) is 0. The highest BCUT2D eigenvalue weighted by Crippen LogP contribution is 2.27. The van der Waals surface area contributed by atoms with E-state index in [1.54, 1.807) is 0 Å². The normalized spacial score (nSPS) is 30.2. The highest BCUT2D eigenvalue weighted by Gasteiger charge is 2.29. The lowest BCUT2D eigenvalue weighted by Gasteiger charge is -2.36. The van der Waals surface area contributed by atoms with Crippen LogP contribution < -0.4 is 5.32 Å². The Kier molecular flexibility index (Phi) is 3.97. The highest BCUT2D eigenvalue weighted by molar-refractivity contribution is 5.19. The van der Waals surface area contributed by atoms with Gasteiger partial charge in [0.25, 0.3) is 0 Å². The molecule has 1 aliphatic rings. The first-order valence-electron chi connectivity index (χ1n) is 6.24. The number of hydrogen-bond donors (Lipinski definition) is 1. The van der Waals surface area contributed by atoms with Crippen molar-refractivity contribution in [1.82, 2.24) is 5.32 Å². The molecule has 1 N–H and O–H groups in total. The smallest absolute Gasteiger partial charge is 0.0978 e. The predicted octanol–water partition coefficient (Wildman–Crippen LogP) is 2.90. The van der Waals surface area contributed by atoms with Gasteiger partial charge in [-0.15, -0.1) is 0 Å². The number of nitrogens with one attached hydrogen (secondary N) is 1. The average Bonchev–Trinajstić information content (AvgIpc) is 2.31. The van der Waals surface area contributed by atoms with E-state index in [-0.39, 0.29) is 6.10 Å². The molecular formula is C14H21NO. The molecule has 1 aromatic rings. The summed E-state index contributed by atoms with van der Waals surface area (Å²) in [6.07, 6.45) is 2.58. The summed E-state index contributed by atoms with van der Waals surface area (Å²) in [6.45, 7) is 5.21. The van der Waals surface area contributed by atoms with Crippen molar-refractivity contribution >= 4 is 0 Å². The summed E-state index contributed by atoms with van der Waals surface area (Å²) in [7, 11) is 0. The first kappa shape index (κ1) is 11.6. The molecule has 3 atom stereocenters. The van der Waals surface area contributed by atoms with Gasteiger partial charge in [0.05, 0.1) is 12.7 Å². The molecule has 0 spiro atoms. The van der Waals surface area contributed by atoms with Gasteiger partial charge >= 0.3 is 0 Å². The van der Waals surface area contributed by atoms with Crippen molar-refractivity contribution in [3.8, 4) is 0 Å². The second-order valence-corrected chi connectivity index (χ2v) is 4.63. The van der Waals surface area contributed by atoms with Crippen molar-refractivity contribution in [1.29, 1.82) is 0 Å². The monoisotopic (exact) mass is 219 g/mol. The third kappa shape index (κ3) is 2.63. The lowest BCUT2D eigenvalue weighted by atomic mass is 9.96. The maximum atomic E-state index is 5.98. The Morgan fingerprint density at radius 2 is 2.06 bits per heavy atom. The molecule has 1 fully saturated rings. The maximum absolute atomic E-state index is 5.98. The Morgan fingerprint density at radius 1 is 1.31 bits per heavy atom. The number of benzene rings is 1. The van der Waals surface area contributed by atoms with Crippen LogP contribution in [0.3, 0.4) is 0 Å². The number of rotatable bonds is 3. The van der Waals surface area contributed by atoms with Crippen LogP contribution in [-0.2, 0) is 4.74 Å². The summed E-state index contributed by atoms with van der Waals surface area (Å²) in [6, 6.07) is 11.5. The minimum absolute atomic E-state index is 0.220. The van der Waals surface area contributed by atoms with E-state index in [1.165, 1.54) is 18.4 Å². The van der Waals surface area contributed by atoms with Crippen molar-refractivity contribution < 1.29 is 4.74 Å². The third-order valence-corrected chi connectivity index (χ3v) is 3.12. The van der Waals surface area contributed by atoms with Gasteiger partial charge in [-0.25, -0.2) is 0 Å². The molecule has 1 aliphatic heterocycles. The van der Waals surface area contributed by atoms with Crippen LogP contribution in [0, 0.1) is 0 Å². The van der Waals surface area contributed by atoms with Crippen molar-refractivity contribution in [2.75, 3.05) is 6.61 Å². The zero-order valence-electron chi connectivity index (χ0n) is 10.1. The molecule has 0 unspecified atom stereocenters. The van der Waals surface area contributed by atoms with Gasteiger partial charge < -0.3 is 10.1 Å². The SMILES string of the molecule is CCC[C@@H]1N[C@H](C)CO[C@H]1c1ccccc1. The second-order valence-electron chi connectivity index (χ2n) is 4.63. The molecule has 0 aromatic heterocycles. The van der Waals surface area contributed by atoms with Gasteiger partial charge in [-0.3, -0.25) is 0 Å². The summed E-state index contributed by atoms with van der Waals surface area (Å²) in [5, 5.41) is 3.64. The van der Waals surface area contributed by atoms with Crippen molar-refractivity contribution in [2.24, 2.45) is 0 Å². The van der Waals surface area contributed by atoms with Gasteiger partial charge in [0, 0.05) is 12.1 Å². The number of hydrogen-bond acceptors (Lipinski definition) is 2. The fourth-order valence-corrected chi connectivity index (χ4v) is 2.38. The van der Waals surface area contributed by atoms with E-state index in [1.807, 2.05) is 0 Å². The largest absolute Gasteiger partial charge is 0.370 e. The molecule has 0 aliphatic carbocycles. The first-order valence-corrected chi connectivity index (χ1v) is 6.24. The van der Waals surface area contributed by atoms with Gasteiger partial charge in [-0.1, -0.05) is 43.7 Å². The van der Waals surface area contributed by atoms with E-state index in [4.69, 9.17) is 4.74 Å². The summed E-state index contributed by atoms with van der Waals surface area (Å²) >= 11 is 0. The lowest BCUT2D eigenvalue weighted by Crippen LogP contribution is -2.48. The third-order valence-electron chi connectivity index (χ3n) is 3.12. The van der Waals surface area contributed by atoms with Crippen LogP contribution in [-0.4, -0.2) is 18.7 Å². The van der Waals surface area contributed by atoms with Gasteiger partial charge in [-0.05, 0) is 18.9 Å². The Bertz CT molecular complexity index is 312. The molecule has 2 rings (SSSR count). The van der Waals surface area contributed by atoms with Crippen LogP contribution in [0.15, 0.2) is 30.3 Å². The summed E-state index contributed by atoms with van der Waals surface area (Å²) in [5.74, 6) is 0. The Morgan fingerprint density at radius 3 is 2.75 bits per heavy atom. The fourth-order valence-electron chi connectivity index (χ4n) is 2.38. The van der Waals surface area contributed by atoms with Crippen molar-refractivity contribution in [2.45, 2.75) is 44.9 Å². The summed E-state index contributed by atoms with van der Waals surface area (Å²) < 4.78 is 5.98. The molecular weight excluding hydrogens is 198 g/mol. The van der Waals surface area contributed by atoms with E-state index >= 15 is 0 Å². The number of morpholine rings is 1. The van der Waals surface area contributed by atoms with Gasteiger partial charge in [-0.2, -0.15) is 0 Å². The van der Waals surface area contributed by atoms with Crippen LogP contribution in [0.4, 0.5) is 0 Å². The first-order chi connectivity index (χ1) is 7.81. The van der Waals surface area contributed by atoms with Crippen molar-refractivity contribution in [3.63, 3.8) is 0 Å². The lowest BCUT2D eigenvalue weighted by molar-refractivity contribution is -0.0280. The van der Waals surface area contributed by atoms with E-state index in [0.717, 1.165) is 6.61 Å². The minimum Gasteiger partial charge on any atom is -0.370 e. The fraction of sp³-hybridized carbons (Fsp3) is 0.571.